The van der Waals surface area contributed by atoms with Crippen LogP contribution in [0.4, 0.5) is 5.69 Å². The fourth-order valence-corrected chi connectivity index (χ4v) is 3.98. The normalized spacial score (nSPS) is 21.1. The quantitative estimate of drug-likeness (QED) is 0.791. The van der Waals surface area contributed by atoms with Crippen LogP contribution in [0.3, 0.4) is 0 Å². The third-order valence-electron chi connectivity index (χ3n) is 3.29. The Morgan fingerprint density at radius 1 is 1.40 bits per heavy atom. The molecule has 0 radical (unpaired) electrons. The summed E-state index contributed by atoms with van der Waals surface area (Å²) in [6.45, 7) is 0. The van der Waals surface area contributed by atoms with Crippen LogP contribution >= 0.6 is 0 Å². The number of benzene rings is 1. The molecule has 1 aliphatic heterocycles. The van der Waals surface area contributed by atoms with Crippen LogP contribution in [0.25, 0.3) is 11.5 Å². The van der Waals surface area contributed by atoms with Crippen molar-refractivity contribution in [2.24, 2.45) is 0 Å². The van der Waals surface area contributed by atoms with Gasteiger partial charge in [-0.05, 0) is 18.6 Å². The number of hydrogen-bond donors (Lipinski definition) is 2. The molecule has 1 atom stereocenters. The second kappa shape index (κ2) is 4.48. The molecule has 0 bridgehead atoms. The highest BCUT2D eigenvalue weighted by molar-refractivity contribution is 7.91. The van der Waals surface area contributed by atoms with Gasteiger partial charge in [-0.1, -0.05) is 5.16 Å². The number of phenols is 1. The Bertz CT molecular complexity index is 754. The van der Waals surface area contributed by atoms with Crippen LogP contribution in [-0.2, 0) is 9.84 Å². The van der Waals surface area contributed by atoms with E-state index in [-0.39, 0.29) is 29.1 Å². The molecule has 1 fully saturated rings. The van der Waals surface area contributed by atoms with Gasteiger partial charge in [-0.15, -0.1) is 0 Å². The van der Waals surface area contributed by atoms with Gasteiger partial charge in [0, 0.05) is 17.7 Å². The summed E-state index contributed by atoms with van der Waals surface area (Å²) in [7, 11) is -3.00. The molecule has 1 unspecified atom stereocenters. The van der Waals surface area contributed by atoms with Crippen LogP contribution < -0.4 is 5.73 Å². The summed E-state index contributed by atoms with van der Waals surface area (Å²) >= 11 is 0. The van der Waals surface area contributed by atoms with Crippen LogP contribution in [0.5, 0.6) is 5.75 Å². The first kappa shape index (κ1) is 12.9. The van der Waals surface area contributed by atoms with Crippen molar-refractivity contribution in [3.63, 3.8) is 0 Å². The zero-order chi connectivity index (χ0) is 14.3. The lowest BCUT2D eigenvalue weighted by atomic mass is 10.1. The van der Waals surface area contributed by atoms with E-state index in [1.54, 1.807) is 12.1 Å². The van der Waals surface area contributed by atoms with Crippen molar-refractivity contribution in [2.75, 3.05) is 17.2 Å². The van der Waals surface area contributed by atoms with Crippen molar-refractivity contribution >= 4 is 15.5 Å². The number of aromatic nitrogens is 2. The number of anilines is 1. The van der Waals surface area contributed by atoms with Gasteiger partial charge >= 0.3 is 0 Å². The van der Waals surface area contributed by atoms with Crippen molar-refractivity contribution in [2.45, 2.75) is 12.3 Å². The molecule has 7 nitrogen and oxygen atoms in total. The SMILES string of the molecule is Nc1ccc(-c2nc(C3CCS(=O)(=O)C3)no2)c(O)c1. The van der Waals surface area contributed by atoms with Crippen LogP contribution in [0.15, 0.2) is 22.7 Å². The maximum atomic E-state index is 11.4. The van der Waals surface area contributed by atoms with Crippen LogP contribution in [-0.4, -0.2) is 35.2 Å². The summed E-state index contributed by atoms with van der Waals surface area (Å²) in [5.74, 6) is 0.403. The number of nitrogens with zero attached hydrogens (tertiary/aromatic N) is 2. The zero-order valence-corrected chi connectivity index (χ0v) is 11.3. The zero-order valence-electron chi connectivity index (χ0n) is 10.5. The number of rotatable bonds is 2. The fourth-order valence-electron chi connectivity index (χ4n) is 2.24. The first-order valence-corrected chi connectivity index (χ1v) is 7.90. The van der Waals surface area contributed by atoms with Gasteiger partial charge in [0.1, 0.15) is 5.75 Å². The topological polar surface area (TPSA) is 119 Å². The summed E-state index contributed by atoms with van der Waals surface area (Å²) in [4.78, 5) is 4.18. The molecule has 0 amide bonds. The standard InChI is InChI=1S/C12H13N3O4S/c13-8-1-2-9(10(16)5-8)12-14-11(15-19-12)7-3-4-20(17,18)6-7/h1-2,5,7,16H,3-4,6,13H2. The highest BCUT2D eigenvalue weighted by Gasteiger charge is 2.32. The van der Waals surface area contributed by atoms with Gasteiger partial charge < -0.3 is 15.4 Å². The van der Waals surface area contributed by atoms with E-state index in [0.29, 0.717) is 23.5 Å². The monoisotopic (exact) mass is 295 g/mol. The Hall–Kier alpha value is -2.09. The van der Waals surface area contributed by atoms with Crippen LogP contribution in [0, 0.1) is 0 Å². The second-order valence-corrected chi connectivity index (χ2v) is 7.06. The molecule has 106 valence electrons. The van der Waals surface area contributed by atoms with E-state index >= 15 is 0 Å². The molecule has 1 aromatic heterocycles. The average molecular weight is 295 g/mol. The Morgan fingerprint density at radius 2 is 2.20 bits per heavy atom. The summed E-state index contributed by atoms with van der Waals surface area (Å²) in [6.07, 6.45) is 0.495. The smallest absolute Gasteiger partial charge is 0.261 e. The van der Waals surface area contributed by atoms with Crippen molar-refractivity contribution in [3.05, 3.63) is 24.0 Å². The molecule has 2 heterocycles. The van der Waals surface area contributed by atoms with Gasteiger partial charge in [-0.3, -0.25) is 0 Å². The third kappa shape index (κ3) is 2.34. The maximum Gasteiger partial charge on any atom is 0.261 e. The van der Waals surface area contributed by atoms with E-state index in [4.69, 9.17) is 10.3 Å². The molecular weight excluding hydrogens is 282 g/mol. The first-order chi connectivity index (χ1) is 9.44. The number of nitrogen functional groups attached to an aromatic ring is 1. The Kier molecular flexibility index (Phi) is 2.89. The van der Waals surface area contributed by atoms with E-state index in [1.807, 2.05) is 0 Å². The van der Waals surface area contributed by atoms with E-state index in [0.717, 1.165) is 0 Å². The molecule has 1 saturated heterocycles. The molecule has 0 aliphatic carbocycles. The highest BCUT2D eigenvalue weighted by Crippen LogP contribution is 2.32. The molecule has 2 aromatic rings. The number of hydrogen-bond acceptors (Lipinski definition) is 7. The van der Waals surface area contributed by atoms with Crippen molar-refractivity contribution in [1.82, 2.24) is 10.1 Å². The molecule has 1 aliphatic rings. The molecule has 0 saturated carbocycles. The summed E-state index contributed by atoms with van der Waals surface area (Å²) in [5.41, 5.74) is 6.34. The van der Waals surface area contributed by atoms with Crippen molar-refractivity contribution in [1.29, 1.82) is 0 Å². The summed E-state index contributed by atoms with van der Waals surface area (Å²) in [5, 5.41) is 13.6. The Labute approximate surface area is 115 Å². The van der Waals surface area contributed by atoms with E-state index in [2.05, 4.69) is 10.1 Å². The fraction of sp³-hybridized carbons (Fsp3) is 0.333. The maximum absolute atomic E-state index is 11.4. The van der Waals surface area contributed by atoms with Crippen molar-refractivity contribution < 1.29 is 18.0 Å². The Balaban J connectivity index is 1.91. The highest BCUT2D eigenvalue weighted by atomic mass is 32.2. The molecule has 3 N–H and O–H groups in total. The van der Waals surface area contributed by atoms with Gasteiger partial charge in [0.15, 0.2) is 15.7 Å². The lowest BCUT2D eigenvalue weighted by Gasteiger charge is -2.00. The minimum absolute atomic E-state index is 0.0414. The number of aromatic hydroxyl groups is 1. The molecule has 8 heteroatoms. The molecular formula is C12H13N3O4S. The van der Waals surface area contributed by atoms with E-state index in [1.165, 1.54) is 6.07 Å². The minimum Gasteiger partial charge on any atom is -0.507 e. The van der Waals surface area contributed by atoms with Gasteiger partial charge in [-0.25, -0.2) is 8.42 Å². The Morgan fingerprint density at radius 3 is 2.85 bits per heavy atom. The lowest BCUT2D eigenvalue weighted by Crippen LogP contribution is -2.05. The van der Waals surface area contributed by atoms with Crippen LogP contribution in [0.1, 0.15) is 18.2 Å². The van der Waals surface area contributed by atoms with Gasteiger partial charge in [0.25, 0.3) is 5.89 Å². The minimum atomic E-state index is -3.00. The predicted octanol–water partition coefficient (Wildman–Crippen LogP) is 0.927. The molecule has 0 spiro atoms. The van der Waals surface area contributed by atoms with Gasteiger partial charge in [0.2, 0.25) is 0 Å². The summed E-state index contributed by atoms with van der Waals surface area (Å²) in [6, 6.07) is 4.57. The van der Waals surface area contributed by atoms with E-state index in [9.17, 15) is 13.5 Å². The molecule has 1 aromatic carbocycles. The van der Waals surface area contributed by atoms with Gasteiger partial charge in [0.05, 0.1) is 17.1 Å². The number of sulfone groups is 1. The van der Waals surface area contributed by atoms with Crippen molar-refractivity contribution in [3.8, 4) is 17.2 Å². The number of phenolic OH excluding ortho intramolecular Hbond substituents is 1. The van der Waals surface area contributed by atoms with Crippen LogP contribution in [0.2, 0.25) is 0 Å². The number of nitrogens with two attached hydrogens (primary N) is 1. The predicted molar refractivity (Wildman–Crippen MR) is 71.8 cm³/mol. The third-order valence-corrected chi connectivity index (χ3v) is 5.06. The lowest BCUT2D eigenvalue weighted by molar-refractivity contribution is 0.413. The summed E-state index contributed by atoms with van der Waals surface area (Å²) < 4.78 is 28.0. The molecule has 20 heavy (non-hydrogen) atoms. The largest absolute Gasteiger partial charge is 0.507 e. The van der Waals surface area contributed by atoms with Gasteiger partial charge in [-0.2, -0.15) is 4.98 Å². The first-order valence-electron chi connectivity index (χ1n) is 6.07. The van der Waals surface area contributed by atoms with E-state index < -0.39 is 9.84 Å². The second-order valence-electron chi connectivity index (χ2n) is 4.83. The molecule has 3 rings (SSSR count). The average Bonchev–Trinajstić information content (AvgIpc) is 2.95.